The Morgan fingerprint density at radius 1 is 1.35 bits per heavy atom. The SMILES string of the molecule is CCC(Cl)S(=O)[O-].CCCl.Cc1ccc(N=C=O)cc1. The zero-order chi connectivity index (χ0) is 16.0. The third-order valence-corrected chi connectivity index (χ3v) is 3.23. The molecule has 1 aromatic rings. The van der Waals surface area contributed by atoms with E-state index in [4.69, 9.17) is 23.2 Å². The Morgan fingerprint density at radius 2 is 1.80 bits per heavy atom. The highest BCUT2D eigenvalue weighted by Crippen LogP contribution is 2.10. The van der Waals surface area contributed by atoms with Crippen LogP contribution in [0.15, 0.2) is 29.3 Å². The Hall–Kier alpha value is -0.710. The fourth-order valence-electron chi connectivity index (χ4n) is 0.808. The van der Waals surface area contributed by atoms with Crippen molar-refractivity contribution in [3.8, 4) is 0 Å². The summed E-state index contributed by atoms with van der Waals surface area (Å²) in [6, 6.07) is 7.35. The summed E-state index contributed by atoms with van der Waals surface area (Å²) in [4.78, 5) is 13.2. The van der Waals surface area contributed by atoms with Crippen molar-refractivity contribution in [3.05, 3.63) is 29.8 Å². The summed E-state index contributed by atoms with van der Waals surface area (Å²) in [5.41, 5.74) is 1.81. The minimum absolute atomic E-state index is 0.470. The third-order valence-electron chi connectivity index (χ3n) is 1.74. The van der Waals surface area contributed by atoms with Crippen molar-refractivity contribution < 1.29 is 13.6 Å². The Bertz CT molecular complexity index is 420. The Kier molecular flexibility index (Phi) is 15.9. The van der Waals surface area contributed by atoms with Gasteiger partial charge in [0.05, 0.1) is 10.4 Å². The number of alkyl halides is 2. The van der Waals surface area contributed by atoms with E-state index in [2.05, 4.69) is 4.99 Å². The summed E-state index contributed by atoms with van der Waals surface area (Å²) >= 11 is 8.09. The maximum atomic E-state index is 9.80. The maximum Gasteiger partial charge on any atom is 0.240 e. The molecule has 2 unspecified atom stereocenters. The lowest BCUT2D eigenvalue weighted by Crippen LogP contribution is -2.03. The number of benzene rings is 1. The van der Waals surface area contributed by atoms with Gasteiger partial charge in [-0.1, -0.05) is 31.5 Å². The second-order valence-electron chi connectivity index (χ2n) is 3.38. The molecule has 0 aromatic heterocycles. The molecule has 0 bridgehead atoms. The second kappa shape index (κ2) is 14.7. The van der Waals surface area contributed by atoms with E-state index in [0.717, 1.165) is 11.4 Å². The fraction of sp³-hybridized carbons (Fsp3) is 0.462. The van der Waals surface area contributed by atoms with Crippen molar-refractivity contribution in [2.24, 2.45) is 4.99 Å². The van der Waals surface area contributed by atoms with Crippen LogP contribution < -0.4 is 0 Å². The van der Waals surface area contributed by atoms with Crippen LogP contribution in [0.2, 0.25) is 0 Å². The van der Waals surface area contributed by atoms with Gasteiger partial charge in [0.2, 0.25) is 6.08 Å². The van der Waals surface area contributed by atoms with Crippen LogP contribution in [0.1, 0.15) is 25.8 Å². The molecule has 0 N–H and O–H groups in total. The van der Waals surface area contributed by atoms with Gasteiger partial charge in [-0.2, -0.15) is 4.99 Å². The van der Waals surface area contributed by atoms with Gasteiger partial charge >= 0.3 is 0 Å². The number of halogens is 2. The van der Waals surface area contributed by atoms with Gasteiger partial charge < -0.3 is 4.55 Å². The summed E-state index contributed by atoms with van der Waals surface area (Å²) in [5.74, 6) is 0.722. The van der Waals surface area contributed by atoms with Crippen LogP contribution in [0.3, 0.4) is 0 Å². The molecule has 1 rings (SSSR count). The fourth-order valence-corrected chi connectivity index (χ4v) is 1.08. The Morgan fingerprint density at radius 3 is 2.05 bits per heavy atom. The largest absolute Gasteiger partial charge is 0.771 e. The molecule has 7 heteroatoms. The Balaban J connectivity index is 0. The third kappa shape index (κ3) is 13.7. The van der Waals surface area contributed by atoms with Crippen molar-refractivity contribution in [2.45, 2.75) is 31.9 Å². The van der Waals surface area contributed by atoms with Crippen LogP contribution in [-0.2, 0) is 15.9 Å². The first-order valence-electron chi connectivity index (χ1n) is 5.85. The van der Waals surface area contributed by atoms with Crippen LogP contribution in [-0.4, -0.2) is 25.4 Å². The van der Waals surface area contributed by atoms with Gasteiger partial charge in [-0.15, -0.1) is 23.2 Å². The summed E-state index contributed by atoms with van der Waals surface area (Å²) in [5, 5.41) is 0. The summed E-state index contributed by atoms with van der Waals surface area (Å²) < 4.78 is 18.9. The first-order valence-corrected chi connectivity index (χ1v) is 7.96. The summed E-state index contributed by atoms with van der Waals surface area (Å²) in [6.45, 7) is 5.59. The van der Waals surface area contributed by atoms with Gasteiger partial charge in [-0.05, 0) is 36.6 Å². The van der Waals surface area contributed by atoms with Crippen molar-refractivity contribution in [1.82, 2.24) is 0 Å². The molecule has 0 spiro atoms. The van der Waals surface area contributed by atoms with E-state index in [0.29, 0.717) is 12.1 Å². The van der Waals surface area contributed by atoms with Gasteiger partial charge in [0, 0.05) is 5.88 Å². The number of isocyanates is 1. The standard InChI is InChI=1S/C8H7NO.C3H7ClO2S.C2H5Cl/c1-7-2-4-8(5-3-7)9-6-10;1-2-3(4)7(5)6;1-2-3/h2-5H,1H3;3H,2H2,1H3,(H,5,6);2H2,1H3/p-1. The van der Waals surface area contributed by atoms with E-state index in [-0.39, 0.29) is 0 Å². The zero-order valence-electron chi connectivity index (χ0n) is 11.6. The predicted molar refractivity (Wildman–Crippen MR) is 84.2 cm³/mol. The smallest absolute Gasteiger partial charge is 0.240 e. The minimum Gasteiger partial charge on any atom is -0.771 e. The maximum absolute atomic E-state index is 9.80. The first-order chi connectivity index (χ1) is 9.42. The van der Waals surface area contributed by atoms with Crippen LogP contribution >= 0.6 is 23.2 Å². The molecule has 114 valence electrons. The molecule has 2 atom stereocenters. The van der Waals surface area contributed by atoms with Gasteiger partial charge in [0.25, 0.3) is 0 Å². The van der Waals surface area contributed by atoms with Crippen molar-refractivity contribution in [1.29, 1.82) is 0 Å². The van der Waals surface area contributed by atoms with Crippen LogP contribution in [0.5, 0.6) is 0 Å². The Labute approximate surface area is 132 Å². The van der Waals surface area contributed by atoms with Crippen LogP contribution in [0.25, 0.3) is 0 Å². The number of aryl methyl sites for hydroxylation is 1. The number of hydrogen-bond donors (Lipinski definition) is 0. The predicted octanol–water partition coefficient (Wildman–Crippen LogP) is 4.05. The minimum atomic E-state index is -2.09. The molecule has 0 fully saturated rings. The van der Waals surface area contributed by atoms with E-state index in [1.165, 1.54) is 6.08 Å². The lowest BCUT2D eigenvalue weighted by atomic mass is 10.2. The van der Waals surface area contributed by atoms with E-state index in [1.54, 1.807) is 19.1 Å². The van der Waals surface area contributed by atoms with E-state index in [1.807, 2.05) is 26.0 Å². The summed E-state index contributed by atoms with van der Waals surface area (Å²) in [6.07, 6.45) is 1.95. The number of carbonyl (C=O) groups excluding carboxylic acids is 1. The molecule has 0 amide bonds. The molecular weight excluding hydrogens is 321 g/mol. The molecule has 0 aliphatic heterocycles. The molecule has 0 radical (unpaired) electrons. The number of hydrogen-bond acceptors (Lipinski definition) is 4. The monoisotopic (exact) mass is 338 g/mol. The van der Waals surface area contributed by atoms with Crippen LogP contribution in [0.4, 0.5) is 5.69 Å². The van der Waals surface area contributed by atoms with Gasteiger partial charge in [0.1, 0.15) is 0 Å². The van der Waals surface area contributed by atoms with Gasteiger partial charge in [-0.25, -0.2) is 4.79 Å². The molecule has 0 heterocycles. The number of nitrogens with zero attached hydrogens (tertiary/aromatic N) is 1. The second-order valence-corrected chi connectivity index (χ2v) is 5.79. The van der Waals surface area contributed by atoms with E-state index >= 15 is 0 Å². The quantitative estimate of drug-likeness (QED) is 0.361. The highest BCUT2D eigenvalue weighted by atomic mass is 35.5. The average Bonchev–Trinajstić information content (AvgIpc) is 2.42. The van der Waals surface area contributed by atoms with Crippen molar-refractivity contribution >= 4 is 46.0 Å². The van der Waals surface area contributed by atoms with Crippen molar-refractivity contribution in [2.75, 3.05) is 5.88 Å². The summed E-state index contributed by atoms with van der Waals surface area (Å²) in [7, 11) is 0. The molecule has 0 aliphatic carbocycles. The number of rotatable bonds is 3. The normalized spacial score (nSPS) is 11.7. The van der Waals surface area contributed by atoms with E-state index in [9.17, 15) is 13.6 Å². The van der Waals surface area contributed by atoms with E-state index < -0.39 is 15.8 Å². The lowest BCUT2D eigenvalue weighted by Gasteiger charge is -2.07. The molecule has 0 saturated carbocycles. The number of aliphatic imine (C=N–C) groups is 1. The molecule has 0 aliphatic rings. The molecule has 0 saturated heterocycles. The molecule has 1 aromatic carbocycles. The molecule has 20 heavy (non-hydrogen) atoms. The highest BCUT2D eigenvalue weighted by molar-refractivity contribution is 7.81. The lowest BCUT2D eigenvalue weighted by molar-refractivity contribution is 0.532. The van der Waals surface area contributed by atoms with Crippen LogP contribution in [0, 0.1) is 6.92 Å². The average molecular weight is 339 g/mol. The molecule has 4 nitrogen and oxygen atoms in total. The van der Waals surface area contributed by atoms with Crippen molar-refractivity contribution in [3.63, 3.8) is 0 Å². The first kappa shape index (κ1) is 21.6. The van der Waals surface area contributed by atoms with Gasteiger partial charge in [0.15, 0.2) is 0 Å². The topological polar surface area (TPSA) is 69.6 Å². The zero-order valence-corrected chi connectivity index (χ0v) is 14.0. The highest BCUT2D eigenvalue weighted by Gasteiger charge is 1.96. The van der Waals surface area contributed by atoms with Gasteiger partial charge in [-0.3, -0.25) is 4.21 Å². The molecular formula is C13H18Cl2NO3S-.